The van der Waals surface area contributed by atoms with Crippen molar-refractivity contribution in [1.29, 1.82) is 0 Å². The fourth-order valence-corrected chi connectivity index (χ4v) is 3.63. The van der Waals surface area contributed by atoms with Crippen LogP contribution in [0.3, 0.4) is 0 Å². The summed E-state index contributed by atoms with van der Waals surface area (Å²) in [7, 11) is 2.37. The van der Waals surface area contributed by atoms with E-state index < -0.39 is 0 Å². The molecule has 0 bridgehead atoms. The van der Waals surface area contributed by atoms with Gasteiger partial charge in [0.2, 0.25) is 0 Å². The first-order valence-corrected chi connectivity index (χ1v) is 8.12. The van der Waals surface area contributed by atoms with Gasteiger partial charge in [-0.25, -0.2) is 0 Å². The van der Waals surface area contributed by atoms with Crippen molar-refractivity contribution in [2.75, 3.05) is 33.4 Å². The van der Waals surface area contributed by atoms with Crippen molar-refractivity contribution < 1.29 is 9.22 Å². The first-order valence-electron chi connectivity index (χ1n) is 8.12. The molecule has 0 saturated carbocycles. The first kappa shape index (κ1) is 15.8. The molecule has 0 aromatic rings. The van der Waals surface area contributed by atoms with Crippen LogP contribution in [0.5, 0.6) is 0 Å². The summed E-state index contributed by atoms with van der Waals surface area (Å²) < 4.78 is 6.63. The van der Waals surface area contributed by atoms with E-state index >= 15 is 0 Å². The second-order valence-electron chi connectivity index (χ2n) is 7.62. The van der Waals surface area contributed by atoms with Crippen LogP contribution >= 0.6 is 0 Å². The van der Waals surface area contributed by atoms with E-state index in [9.17, 15) is 0 Å². The fourth-order valence-electron chi connectivity index (χ4n) is 3.63. The van der Waals surface area contributed by atoms with Gasteiger partial charge in [-0.2, -0.15) is 0 Å². The van der Waals surface area contributed by atoms with Gasteiger partial charge in [0.25, 0.3) is 0 Å². The van der Waals surface area contributed by atoms with Crippen LogP contribution in [0.15, 0.2) is 23.8 Å². The fraction of sp³-hybridized carbons (Fsp3) is 0.778. The molecule has 1 saturated heterocycles. The largest absolute Gasteiger partial charge is 0.370 e. The maximum absolute atomic E-state index is 5.51. The van der Waals surface area contributed by atoms with Crippen LogP contribution in [0.4, 0.5) is 0 Å². The number of ether oxygens (including phenoxy) is 1. The SMILES string of the molecule is CC1=CCCC(C)(C)C1/C=C/C(C)[N+]1(C)CCOCC1. The molecule has 0 radical (unpaired) electrons. The van der Waals surface area contributed by atoms with E-state index in [2.05, 4.69) is 53.0 Å². The Kier molecular flexibility index (Phi) is 4.76. The lowest BCUT2D eigenvalue weighted by Gasteiger charge is -2.42. The van der Waals surface area contributed by atoms with Crippen LogP contribution in [-0.4, -0.2) is 43.9 Å². The van der Waals surface area contributed by atoms with Crippen LogP contribution < -0.4 is 0 Å². The number of quaternary nitrogens is 1. The van der Waals surface area contributed by atoms with E-state index in [1.807, 2.05) is 0 Å². The van der Waals surface area contributed by atoms with Gasteiger partial charge in [-0.1, -0.05) is 31.6 Å². The second kappa shape index (κ2) is 6.03. The van der Waals surface area contributed by atoms with Crippen molar-refractivity contribution in [2.45, 2.75) is 46.6 Å². The monoisotopic (exact) mass is 278 g/mol. The van der Waals surface area contributed by atoms with Crippen molar-refractivity contribution in [3.8, 4) is 0 Å². The van der Waals surface area contributed by atoms with Crippen molar-refractivity contribution in [3.05, 3.63) is 23.8 Å². The van der Waals surface area contributed by atoms with Gasteiger partial charge in [-0.05, 0) is 38.2 Å². The lowest BCUT2D eigenvalue weighted by atomic mass is 9.68. The summed E-state index contributed by atoms with van der Waals surface area (Å²) in [6.07, 6.45) is 9.91. The Labute approximate surface area is 125 Å². The third-order valence-corrected chi connectivity index (χ3v) is 5.65. The zero-order chi connectivity index (χ0) is 14.8. The molecule has 0 aromatic carbocycles. The van der Waals surface area contributed by atoms with Crippen LogP contribution in [-0.2, 0) is 4.74 Å². The molecule has 2 rings (SSSR count). The Morgan fingerprint density at radius 1 is 1.35 bits per heavy atom. The zero-order valence-corrected chi connectivity index (χ0v) is 14.0. The molecule has 2 unspecified atom stereocenters. The highest BCUT2D eigenvalue weighted by atomic mass is 16.5. The van der Waals surface area contributed by atoms with E-state index in [0.29, 0.717) is 17.4 Å². The van der Waals surface area contributed by atoms with E-state index in [-0.39, 0.29) is 0 Å². The summed E-state index contributed by atoms with van der Waals surface area (Å²) >= 11 is 0. The van der Waals surface area contributed by atoms with Gasteiger partial charge in [0, 0.05) is 5.92 Å². The Balaban J connectivity index is 2.07. The third kappa shape index (κ3) is 3.35. The Morgan fingerprint density at radius 2 is 2.00 bits per heavy atom. The summed E-state index contributed by atoms with van der Waals surface area (Å²) in [5.74, 6) is 0.603. The Bertz CT molecular complexity index is 388. The number of nitrogens with zero attached hydrogens (tertiary/aromatic N) is 1. The summed E-state index contributed by atoms with van der Waals surface area (Å²) in [4.78, 5) is 0. The van der Waals surface area contributed by atoms with Gasteiger partial charge < -0.3 is 9.22 Å². The van der Waals surface area contributed by atoms with Crippen molar-refractivity contribution in [2.24, 2.45) is 11.3 Å². The molecule has 1 fully saturated rings. The molecule has 2 aliphatic rings. The van der Waals surface area contributed by atoms with Gasteiger partial charge >= 0.3 is 0 Å². The molecule has 2 nitrogen and oxygen atoms in total. The Hall–Kier alpha value is -0.600. The lowest BCUT2D eigenvalue weighted by Crippen LogP contribution is -2.56. The van der Waals surface area contributed by atoms with Gasteiger partial charge in [0.15, 0.2) is 0 Å². The highest BCUT2D eigenvalue weighted by Gasteiger charge is 2.33. The standard InChI is InChI=1S/C18H32NO/c1-15-7-6-10-18(3,4)17(15)9-8-16(2)19(5)11-13-20-14-12-19/h7-9,16-17H,6,10-14H2,1-5H3/q+1/b9-8+. The van der Waals surface area contributed by atoms with Crippen LogP contribution in [0.2, 0.25) is 0 Å². The molecule has 1 aliphatic carbocycles. The maximum atomic E-state index is 5.51. The highest BCUT2D eigenvalue weighted by Crippen LogP contribution is 2.41. The van der Waals surface area contributed by atoms with Gasteiger partial charge in [-0.3, -0.25) is 0 Å². The molecule has 0 N–H and O–H groups in total. The highest BCUT2D eigenvalue weighted by molar-refractivity contribution is 5.19. The molecule has 114 valence electrons. The molecule has 2 atom stereocenters. The van der Waals surface area contributed by atoms with Crippen LogP contribution in [0, 0.1) is 11.3 Å². The lowest BCUT2D eigenvalue weighted by molar-refractivity contribution is -0.932. The second-order valence-corrected chi connectivity index (χ2v) is 7.62. The minimum absolute atomic E-state index is 0.401. The zero-order valence-electron chi connectivity index (χ0n) is 14.0. The molecule has 0 spiro atoms. The van der Waals surface area contributed by atoms with Crippen molar-refractivity contribution >= 4 is 0 Å². The normalized spacial score (nSPS) is 31.1. The molecule has 1 aliphatic heterocycles. The third-order valence-electron chi connectivity index (χ3n) is 5.65. The average molecular weight is 278 g/mol. The number of allylic oxidation sites excluding steroid dienone is 3. The Morgan fingerprint density at radius 3 is 2.60 bits per heavy atom. The summed E-state index contributed by atoms with van der Waals surface area (Å²) in [6, 6.07) is 0.574. The minimum atomic E-state index is 0.401. The molecule has 20 heavy (non-hydrogen) atoms. The molecule has 0 amide bonds. The molecular weight excluding hydrogens is 246 g/mol. The predicted octanol–water partition coefficient (Wildman–Crippen LogP) is 3.79. The number of hydrogen-bond donors (Lipinski definition) is 0. The number of morpholine rings is 1. The minimum Gasteiger partial charge on any atom is -0.370 e. The van der Waals surface area contributed by atoms with E-state index in [4.69, 9.17) is 4.74 Å². The molecular formula is C18H32NO+. The van der Waals surface area contributed by atoms with E-state index in [0.717, 1.165) is 30.8 Å². The molecule has 0 aromatic heterocycles. The van der Waals surface area contributed by atoms with Gasteiger partial charge in [0.05, 0.1) is 20.3 Å². The first-order chi connectivity index (χ1) is 9.35. The van der Waals surface area contributed by atoms with E-state index in [1.165, 1.54) is 12.8 Å². The topological polar surface area (TPSA) is 9.23 Å². The van der Waals surface area contributed by atoms with Gasteiger partial charge in [0.1, 0.15) is 19.1 Å². The summed E-state index contributed by atoms with van der Waals surface area (Å²) in [6.45, 7) is 13.6. The van der Waals surface area contributed by atoms with E-state index in [1.54, 1.807) is 5.57 Å². The van der Waals surface area contributed by atoms with Crippen molar-refractivity contribution in [3.63, 3.8) is 0 Å². The summed E-state index contributed by atoms with van der Waals surface area (Å²) in [5, 5.41) is 0. The van der Waals surface area contributed by atoms with Crippen LogP contribution in [0.25, 0.3) is 0 Å². The average Bonchev–Trinajstić information content (AvgIpc) is 2.38. The number of likely N-dealkylation sites (N-methyl/N-ethyl adjacent to an activating group) is 1. The summed E-state index contributed by atoms with van der Waals surface area (Å²) in [5.41, 5.74) is 1.95. The predicted molar refractivity (Wildman–Crippen MR) is 85.6 cm³/mol. The number of hydrogen-bond acceptors (Lipinski definition) is 1. The maximum Gasteiger partial charge on any atom is 0.105 e. The number of rotatable bonds is 3. The molecule has 2 heteroatoms. The molecule has 1 heterocycles. The quantitative estimate of drug-likeness (QED) is 0.564. The smallest absolute Gasteiger partial charge is 0.105 e. The van der Waals surface area contributed by atoms with Crippen LogP contribution in [0.1, 0.15) is 40.5 Å². The van der Waals surface area contributed by atoms with Gasteiger partial charge in [-0.15, -0.1) is 0 Å². The van der Waals surface area contributed by atoms with Crippen molar-refractivity contribution in [1.82, 2.24) is 0 Å².